The first-order valence-corrected chi connectivity index (χ1v) is 22.0. The molecule has 294 valence electrons. The van der Waals surface area contributed by atoms with Gasteiger partial charge in [0.25, 0.3) is 0 Å². The molecule has 0 radical (unpaired) electrons. The van der Waals surface area contributed by atoms with E-state index in [1.165, 1.54) is 58.6 Å². The SMILES string of the molecule is c1ccc(-c2ccc3c(c2)c2ccccc2n3-c2ccc3sc4ccc5c6c(-c7nc(-c8ccccc8)nc(-c8ccccc8)n7)cccc6n(-c6ccccc6)c5c4c3c2)cc1. The Labute approximate surface area is 366 Å². The van der Waals surface area contributed by atoms with Crippen LogP contribution < -0.4 is 0 Å². The quantitative estimate of drug-likeness (QED) is 0.168. The van der Waals surface area contributed by atoms with Crippen molar-refractivity contribution in [1.82, 2.24) is 24.1 Å². The molecule has 63 heavy (non-hydrogen) atoms. The lowest BCUT2D eigenvalue weighted by molar-refractivity contribution is 1.08. The van der Waals surface area contributed by atoms with Gasteiger partial charge >= 0.3 is 0 Å². The lowest BCUT2D eigenvalue weighted by Crippen LogP contribution is -2.00. The number of benzene rings is 9. The van der Waals surface area contributed by atoms with Gasteiger partial charge in [-0.1, -0.05) is 152 Å². The molecule has 6 heteroatoms. The minimum absolute atomic E-state index is 0.639. The van der Waals surface area contributed by atoms with Crippen LogP contribution in [0.5, 0.6) is 0 Å². The lowest BCUT2D eigenvalue weighted by atomic mass is 10.0. The van der Waals surface area contributed by atoms with Crippen LogP contribution in [0, 0.1) is 0 Å². The zero-order valence-corrected chi connectivity index (χ0v) is 34.7. The molecule has 0 N–H and O–H groups in total. The van der Waals surface area contributed by atoms with E-state index in [0.29, 0.717) is 17.5 Å². The molecule has 9 aromatic carbocycles. The molecule has 0 atom stereocenters. The minimum atomic E-state index is 0.639. The molecule has 13 rings (SSSR count). The van der Waals surface area contributed by atoms with Gasteiger partial charge in [-0.25, -0.2) is 15.0 Å². The normalized spacial score (nSPS) is 11.8. The first kappa shape index (κ1) is 35.6. The number of aromatic nitrogens is 5. The maximum Gasteiger partial charge on any atom is 0.164 e. The summed E-state index contributed by atoms with van der Waals surface area (Å²) in [6.07, 6.45) is 0. The van der Waals surface area contributed by atoms with Gasteiger partial charge in [0.15, 0.2) is 17.5 Å². The van der Waals surface area contributed by atoms with Gasteiger partial charge in [0, 0.05) is 69.8 Å². The van der Waals surface area contributed by atoms with Crippen molar-refractivity contribution in [1.29, 1.82) is 0 Å². The fourth-order valence-electron chi connectivity index (χ4n) is 9.56. The van der Waals surface area contributed by atoms with Gasteiger partial charge < -0.3 is 9.13 Å². The topological polar surface area (TPSA) is 48.5 Å². The highest BCUT2D eigenvalue weighted by molar-refractivity contribution is 7.26. The maximum absolute atomic E-state index is 5.22. The number of thiophene rings is 1. The molecule has 0 aliphatic carbocycles. The second-order valence-corrected chi connectivity index (χ2v) is 17.1. The van der Waals surface area contributed by atoms with Crippen LogP contribution >= 0.6 is 11.3 Å². The standard InChI is InChI=1S/C57H35N5S/c1-5-16-36(17-6-1)39-28-31-48-45(34-39)42-24-13-14-26-47(42)61(48)41-29-32-50-46(35-41)53-51(63-50)33-30-43-52-44(25-15-27-49(52)62(54(43)53)40-22-11-4-12-23-40)57-59-55(37-18-7-2-8-19-37)58-56(60-57)38-20-9-3-10-21-38/h1-35H. The first-order valence-electron chi connectivity index (χ1n) is 21.2. The van der Waals surface area contributed by atoms with E-state index in [9.17, 15) is 0 Å². The highest BCUT2D eigenvalue weighted by atomic mass is 32.1. The Kier molecular flexibility index (Phi) is 8.01. The Bertz CT molecular complexity index is 3830. The molecule has 5 nitrogen and oxygen atoms in total. The van der Waals surface area contributed by atoms with Gasteiger partial charge in [-0.3, -0.25) is 0 Å². The van der Waals surface area contributed by atoms with Crippen molar-refractivity contribution < 1.29 is 0 Å². The molecule has 0 saturated heterocycles. The third-order valence-corrected chi connectivity index (χ3v) is 13.5. The van der Waals surface area contributed by atoms with E-state index in [1.807, 2.05) is 47.7 Å². The molecule has 0 amide bonds. The van der Waals surface area contributed by atoms with Gasteiger partial charge in [0.1, 0.15) is 0 Å². The second-order valence-electron chi connectivity index (χ2n) is 16.0. The third-order valence-electron chi connectivity index (χ3n) is 12.4. The van der Waals surface area contributed by atoms with E-state index in [-0.39, 0.29) is 0 Å². The van der Waals surface area contributed by atoms with E-state index in [1.54, 1.807) is 0 Å². The van der Waals surface area contributed by atoms with Gasteiger partial charge in [0.05, 0.1) is 22.1 Å². The molecular formula is C57H35N5S. The van der Waals surface area contributed by atoms with Crippen LogP contribution in [0.4, 0.5) is 0 Å². The number of fused-ring (bicyclic) bond motifs is 10. The smallest absolute Gasteiger partial charge is 0.164 e. The summed E-state index contributed by atoms with van der Waals surface area (Å²) in [5.74, 6) is 1.92. The third kappa shape index (κ3) is 5.66. The average Bonchev–Trinajstić information content (AvgIpc) is 4.02. The highest BCUT2D eigenvalue weighted by Crippen LogP contribution is 2.46. The number of hydrogen-bond acceptors (Lipinski definition) is 4. The van der Waals surface area contributed by atoms with E-state index >= 15 is 0 Å². The summed E-state index contributed by atoms with van der Waals surface area (Å²) in [6.45, 7) is 0. The molecule has 13 aromatic rings. The lowest BCUT2D eigenvalue weighted by Gasteiger charge is -2.11. The van der Waals surface area contributed by atoms with Gasteiger partial charge in [-0.15, -0.1) is 11.3 Å². The number of hydrogen-bond donors (Lipinski definition) is 0. The average molecular weight is 822 g/mol. The summed E-state index contributed by atoms with van der Waals surface area (Å²) < 4.78 is 7.36. The first-order chi connectivity index (χ1) is 31.2. The molecule has 0 unspecified atom stereocenters. The van der Waals surface area contributed by atoms with Crippen molar-refractivity contribution in [2.75, 3.05) is 0 Å². The van der Waals surface area contributed by atoms with Crippen LogP contribution in [0.3, 0.4) is 0 Å². The van der Waals surface area contributed by atoms with Crippen molar-refractivity contribution in [3.05, 3.63) is 212 Å². The van der Waals surface area contributed by atoms with Crippen LogP contribution in [0.1, 0.15) is 0 Å². The fraction of sp³-hybridized carbons (Fsp3) is 0. The van der Waals surface area contributed by atoms with E-state index < -0.39 is 0 Å². The summed E-state index contributed by atoms with van der Waals surface area (Å²) in [5.41, 5.74) is 12.1. The molecule has 0 aliphatic rings. The second kappa shape index (κ2) is 14.2. The molecule has 0 bridgehead atoms. The summed E-state index contributed by atoms with van der Waals surface area (Å²) in [4.78, 5) is 15.5. The Morgan fingerprint density at radius 1 is 0.317 bits per heavy atom. The van der Waals surface area contributed by atoms with E-state index in [4.69, 9.17) is 15.0 Å². The summed E-state index contributed by atoms with van der Waals surface area (Å²) in [7, 11) is 0. The van der Waals surface area contributed by atoms with Crippen molar-refractivity contribution in [3.63, 3.8) is 0 Å². The predicted octanol–water partition coefficient (Wildman–Crippen LogP) is 15.1. The number of nitrogens with zero attached hydrogens (tertiary/aromatic N) is 5. The van der Waals surface area contributed by atoms with E-state index in [0.717, 1.165) is 44.4 Å². The van der Waals surface area contributed by atoms with Crippen molar-refractivity contribution in [2.45, 2.75) is 0 Å². The monoisotopic (exact) mass is 821 g/mol. The van der Waals surface area contributed by atoms with Crippen LogP contribution in [0.25, 0.3) is 120 Å². The molecule has 4 heterocycles. The summed E-state index contributed by atoms with van der Waals surface area (Å²) >= 11 is 1.85. The summed E-state index contributed by atoms with van der Waals surface area (Å²) in [5, 5.41) is 7.20. The minimum Gasteiger partial charge on any atom is -0.309 e. The molecule has 0 spiro atoms. The van der Waals surface area contributed by atoms with Crippen molar-refractivity contribution in [2.24, 2.45) is 0 Å². The largest absolute Gasteiger partial charge is 0.309 e. The zero-order valence-electron chi connectivity index (χ0n) is 33.9. The molecule has 0 saturated carbocycles. The Balaban J connectivity index is 1.09. The van der Waals surface area contributed by atoms with Gasteiger partial charge in [-0.2, -0.15) is 0 Å². The zero-order chi connectivity index (χ0) is 41.4. The highest BCUT2D eigenvalue weighted by Gasteiger charge is 2.23. The Morgan fingerprint density at radius 3 is 1.65 bits per heavy atom. The molecule has 0 aliphatic heterocycles. The van der Waals surface area contributed by atoms with Crippen LogP contribution in [-0.2, 0) is 0 Å². The van der Waals surface area contributed by atoms with Crippen molar-refractivity contribution in [3.8, 4) is 56.7 Å². The van der Waals surface area contributed by atoms with Crippen LogP contribution in [-0.4, -0.2) is 24.1 Å². The Morgan fingerprint density at radius 2 is 0.921 bits per heavy atom. The van der Waals surface area contributed by atoms with E-state index in [2.05, 4.69) is 185 Å². The van der Waals surface area contributed by atoms with Crippen LogP contribution in [0.2, 0.25) is 0 Å². The maximum atomic E-state index is 5.22. The van der Waals surface area contributed by atoms with Crippen LogP contribution in [0.15, 0.2) is 212 Å². The molecule has 4 aromatic heterocycles. The number of para-hydroxylation sites is 2. The fourth-order valence-corrected chi connectivity index (χ4v) is 10.7. The predicted molar refractivity (Wildman–Crippen MR) is 263 cm³/mol. The Hall–Kier alpha value is -8.19. The summed E-state index contributed by atoms with van der Waals surface area (Å²) in [6, 6.07) is 75.6. The molecular weight excluding hydrogens is 787 g/mol. The molecule has 0 fully saturated rings. The van der Waals surface area contributed by atoms with Gasteiger partial charge in [0.2, 0.25) is 0 Å². The van der Waals surface area contributed by atoms with Crippen molar-refractivity contribution >= 4 is 75.1 Å². The van der Waals surface area contributed by atoms with Gasteiger partial charge in [-0.05, 0) is 71.8 Å². The number of rotatable bonds is 6.